The molecule has 0 aromatic heterocycles. The Bertz CT molecular complexity index is 706. The summed E-state index contributed by atoms with van der Waals surface area (Å²) in [5, 5.41) is 0. The second-order valence-corrected chi connectivity index (χ2v) is 7.48. The van der Waals surface area contributed by atoms with Crippen molar-refractivity contribution < 1.29 is 19.0 Å². The van der Waals surface area contributed by atoms with Gasteiger partial charge in [-0.2, -0.15) is 0 Å². The molecule has 2 N–H and O–H groups in total. The number of hydrogen-bond donors (Lipinski definition) is 1. The molecule has 0 saturated carbocycles. The van der Waals surface area contributed by atoms with Gasteiger partial charge in [0.25, 0.3) is 5.91 Å². The standard InChI is InChI=1S/C18H28N6O3/c1-4-5-6-9-24-13-15(21(2)18(27)22(3)16(13)26)20-17(24)23-10-7-12(8-11-23)14(19)25/h12-13H,4-11H2,1-3H3,(H-,19,25)/p+1. The van der Waals surface area contributed by atoms with Crippen LogP contribution >= 0.6 is 0 Å². The fraction of sp³-hybridized carbons (Fsp3) is 0.722. The van der Waals surface area contributed by atoms with Gasteiger partial charge < -0.3 is 5.73 Å². The molecule has 0 bridgehead atoms. The van der Waals surface area contributed by atoms with E-state index < -0.39 is 6.04 Å². The molecule has 3 heterocycles. The van der Waals surface area contributed by atoms with Gasteiger partial charge in [0, 0.05) is 20.0 Å². The number of urea groups is 1. The molecule has 3 aliphatic rings. The lowest BCUT2D eigenvalue weighted by atomic mass is 9.97. The number of aliphatic imine (C=N–C) groups is 1. The smallest absolute Gasteiger partial charge is 0.369 e. The predicted octanol–water partition coefficient (Wildman–Crippen LogP) is 0.0469. The maximum absolute atomic E-state index is 12.8. The summed E-state index contributed by atoms with van der Waals surface area (Å²) < 4.78 is 2.11. The first-order chi connectivity index (χ1) is 12.9. The topological polar surface area (TPSA) is 102 Å². The van der Waals surface area contributed by atoms with Gasteiger partial charge in [-0.05, 0) is 19.3 Å². The van der Waals surface area contributed by atoms with Crippen molar-refractivity contribution in [2.24, 2.45) is 16.6 Å². The second-order valence-electron chi connectivity index (χ2n) is 7.48. The van der Waals surface area contributed by atoms with E-state index >= 15 is 0 Å². The Labute approximate surface area is 159 Å². The molecule has 0 spiro atoms. The molecule has 0 radical (unpaired) electrons. The molecule has 1 unspecified atom stereocenters. The van der Waals surface area contributed by atoms with E-state index in [0.29, 0.717) is 38.3 Å². The van der Waals surface area contributed by atoms with Crippen LogP contribution in [0.1, 0.15) is 39.0 Å². The van der Waals surface area contributed by atoms with Gasteiger partial charge in [-0.15, -0.1) is 0 Å². The number of amidine groups is 1. The number of likely N-dealkylation sites (N-methyl/N-ethyl adjacent to an activating group) is 2. The Morgan fingerprint density at radius 3 is 2.44 bits per heavy atom. The zero-order valence-corrected chi connectivity index (χ0v) is 16.3. The first kappa shape index (κ1) is 19.3. The Morgan fingerprint density at radius 1 is 1.19 bits per heavy atom. The molecule has 0 aromatic rings. The Morgan fingerprint density at radius 2 is 1.85 bits per heavy atom. The quantitative estimate of drug-likeness (QED) is 0.540. The highest BCUT2D eigenvalue weighted by atomic mass is 16.2. The van der Waals surface area contributed by atoms with Crippen LogP contribution in [-0.2, 0) is 9.59 Å². The number of fused-ring (bicyclic) bond motifs is 1. The van der Waals surface area contributed by atoms with Gasteiger partial charge in [0.1, 0.15) is 0 Å². The number of carbonyl (C=O) groups excluding carboxylic acids is 3. The number of unbranched alkanes of at least 4 members (excludes halogenated alkanes) is 2. The summed E-state index contributed by atoms with van der Waals surface area (Å²) in [7, 11) is 3.17. The summed E-state index contributed by atoms with van der Waals surface area (Å²) in [6.07, 6.45) is 4.46. The van der Waals surface area contributed by atoms with Crippen LogP contribution in [0.5, 0.6) is 0 Å². The van der Waals surface area contributed by atoms with Crippen LogP contribution in [0.4, 0.5) is 4.79 Å². The molecule has 2 saturated heterocycles. The molecule has 3 rings (SSSR count). The maximum atomic E-state index is 12.8. The number of carbonyl (C=O) groups is 3. The average Bonchev–Trinajstić information content (AvgIpc) is 3.04. The number of primary amides is 1. The van der Waals surface area contributed by atoms with E-state index in [-0.39, 0.29) is 23.8 Å². The van der Waals surface area contributed by atoms with E-state index in [1.165, 1.54) is 16.8 Å². The van der Waals surface area contributed by atoms with Gasteiger partial charge >= 0.3 is 12.0 Å². The van der Waals surface area contributed by atoms with E-state index in [1.807, 2.05) is 4.90 Å². The van der Waals surface area contributed by atoms with Crippen LogP contribution in [0.2, 0.25) is 0 Å². The number of imide groups is 1. The molecule has 3 aliphatic heterocycles. The molecular formula is C18H29N6O3+. The molecule has 9 heteroatoms. The molecule has 2 fully saturated rings. The number of nitrogens with zero attached hydrogens (tertiary/aromatic N) is 5. The van der Waals surface area contributed by atoms with Crippen molar-refractivity contribution in [2.45, 2.75) is 45.1 Å². The van der Waals surface area contributed by atoms with Gasteiger partial charge in [-0.3, -0.25) is 24.0 Å². The van der Waals surface area contributed by atoms with E-state index in [1.54, 1.807) is 7.05 Å². The van der Waals surface area contributed by atoms with Crippen LogP contribution in [0.3, 0.4) is 0 Å². The largest absolute Gasteiger partial charge is 0.392 e. The summed E-state index contributed by atoms with van der Waals surface area (Å²) in [6.45, 7) is 4.17. The molecule has 0 aliphatic carbocycles. The van der Waals surface area contributed by atoms with E-state index in [4.69, 9.17) is 10.7 Å². The first-order valence-electron chi connectivity index (χ1n) is 9.68. The Hall–Kier alpha value is -2.45. The molecule has 1 atom stereocenters. The number of guanidine groups is 1. The minimum absolute atomic E-state index is 0.108. The molecule has 148 valence electrons. The third-order valence-electron chi connectivity index (χ3n) is 5.69. The van der Waals surface area contributed by atoms with E-state index in [2.05, 4.69) is 11.5 Å². The molecule has 0 aromatic carbocycles. The Balaban J connectivity index is 1.92. The zero-order valence-electron chi connectivity index (χ0n) is 16.3. The SMILES string of the molecule is CCCCCN1C(=[N+]2CCC(C(N)=O)CC2)N=C2C1C(=O)N(C)C(=O)N2C. The van der Waals surface area contributed by atoms with Crippen LogP contribution < -0.4 is 5.73 Å². The van der Waals surface area contributed by atoms with Crippen LogP contribution in [-0.4, -0.2) is 88.7 Å². The lowest BCUT2D eigenvalue weighted by Gasteiger charge is -2.33. The van der Waals surface area contributed by atoms with Crippen molar-refractivity contribution >= 4 is 29.6 Å². The summed E-state index contributed by atoms with van der Waals surface area (Å²) in [5.74, 6) is 0.621. The van der Waals surface area contributed by atoms with Gasteiger partial charge in [0.2, 0.25) is 17.8 Å². The minimum atomic E-state index is -0.557. The summed E-state index contributed by atoms with van der Waals surface area (Å²) in [6, 6.07) is -0.921. The van der Waals surface area contributed by atoms with E-state index in [9.17, 15) is 14.4 Å². The number of nitrogens with two attached hydrogens (primary N) is 1. The van der Waals surface area contributed by atoms with Crippen molar-refractivity contribution in [3.05, 3.63) is 0 Å². The van der Waals surface area contributed by atoms with Crippen molar-refractivity contribution in [3.63, 3.8) is 0 Å². The van der Waals surface area contributed by atoms with Crippen molar-refractivity contribution in [2.75, 3.05) is 33.7 Å². The normalized spacial score (nSPS) is 25.9. The predicted molar refractivity (Wildman–Crippen MR) is 100 cm³/mol. The monoisotopic (exact) mass is 377 g/mol. The molecule has 27 heavy (non-hydrogen) atoms. The van der Waals surface area contributed by atoms with Crippen molar-refractivity contribution in [1.29, 1.82) is 0 Å². The summed E-state index contributed by atoms with van der Waals surface area (Å²) >= 11 is 0. The van der Waals surface area contributed by atoms with Gasteiger partial charge in [-0.25, -0.2) is 9.69 Å². The van der Waals surface area contributed by atoms with Crippen LogP contribution in [0, 0.1) is 5.92 Å². The highest BCUT2D eigenvalue weighted by Crippen LogP contribution is 2.25. The number of piperidine rings is 1. The van der Waals surface area contributed by atoms with Crippen molar-refractivity contribution in [3.8, 4) is 0 Å². The van der Waals surface area contributed by atoms with Gasteiger partial charge in [-0.1, -0.05) is 24.8 Å². The summed E-state index contributed by atoms with van der Waals surface area (Å²) in [4.78, 5) is 45.9. The molecule has 9 nitrogen and oxygen atoms in total. The van der Waals surface area contributed by atoms with Crippen LogP contribution in [0.15, 0.2) is 4.99 Å². The third-order valence-corrected chi connectivity index (χ3v) is 5.69. The second kappa shape index (κ2) is 7.66. The van der Waals surface area contributed by atoms with Crippen LogP contribution in [0.25, 0.3) is 0 Å². The van der Waals surface area contributed by atoms with Gasteiger partial charge in [0.15, 0.2) is 0 Å². The highest BCUT2D eigenvalue weighted by molar-refractivity contribution is 6.25. The zero-order chi connectivity index (χ0) is 19.7. The number of hydrogen-bond acceptors (Lipinski definition) is 3. The number of amides is 4. The fourth-order valence-corrected chi connectivity index (χ4v) is 3.96. The lowest BCUT2D eigenvalue weighted by Crippen LogP contribution is -2.63. The molecular weight excluding hydrogens is 348 g/mol. The fourth-order valence-electron chi connectivity index (χ4n) is 3.96. The summed E-state index contributed by atoms with van der Waals surface area (Å²) in [5.41, 5.74) is 5.44. The van der Waals surface area contributed by atoms with E-state index in [0.717, 1.165) is 25.2 Å². The molecule has 4 amide bonds. The van der Waals surface area contributed by atoms with Gasteiger partial charge in [0.05, 0.1) is 19.6 Å². The average molecular weight is 377 g/mol. The minimum Gasteiger partial charge on any atom is -0.369 e. The Kier molecular flexibility index (Phi) is 5.48. The third kappa shape index (κ3) is 3.42. The maximum Gasteiger partial charge on any atom is 0.392 e. The highest BCUT2D eigenvalue weighted by Gasteiger charge is 2.55. The number of rotatable bonds is 5. The first-order valence-corrected chi connectivity index (χ1v) is 9.68. The van der Waals surface area contributed by atoms with Crippen molar-refractivity contribution in [1.82, 2.24) is 14.7 Å². The lowest BCUT2D eigenvalue weighted by molar-refractivity contribution is -0.545.